The van der Waals surface area contributed by atoms with Crippen molar-refractivity contribution in [2.75, 3.05) is 18.5 Å². The monoisotopic (exact) mass is 896 g/mol. The fraction of sp³-hybridized carbons (Fsp3) is 0.395. The number of ether oxygens (including phenoxy) is 1. The molecular formula is C43H53BN10O7S2. The van der Waals surface area contributed by atoms with Crippen LogP contribution in [0.25, 0.3) is 28.0 Å². The number of sulfonamides is 2. The number of benzene rings is 1. The van der Waals surface area contributed by atoms with Crippen LogP contribution in [-0.4, -0.2) is 93.9 Å². The van der Waals surface area contributed by atoms with Gasteiger partial charge in [-0.05, 0) is 98.4 Å². The van der Waals surface area contributed by atoms with Crippen molar-refractivity contribution in [2.24, 2.45) is 0 Å². The Kier molecular flexibility index (Phi) is 12.5. The van der Waals surface area contributed by atoms with Gasteiger partial charge in [0.15, 0.2) is 11.6 Å². The highest BCUT2D eigenvalue weighted by Crippen LogP contribution is 2.38. The van der Waals surface area contributed by atoms with Crippen LogP contribution in [0.15, 0.2) is 102 Å². The van der Waals surface area contributed by atoms with Crippen LogP contribution < -0.4 is 25.0 Å². The summed E-state index contributed by atoms with van der Waals surface area (Å²) in [5, 5.41) is 8.32. The molecule has 1 aliphatic heterocycles. The molecule has 0 radical (unpaired) electrons. The lowest BCUT2D eigenvalue weighted by Crippen LogP contribution is -2.44. The second-order valence-corrected chi connectivity index (χ2v) is 21.5. The molecule has 1 fully saturated rings. The molecule has 5 aromatic heterocycles. The highest BCUT2D eigenvalue weighted by atomic mass is 32.2. The summed E-state index contributed by atoms with van der Waals surface area (Å²) in [4.78, 5) is 21.7. The Balaban J connectivity index is 1.22. The van der Waals surface area contributed by atoms with Crippen molar-refractivity contribution in [1.29, 1.82) is 0 Å². The van der Waals surface area contributed by atoms with Gasteiger partial charge in [0.25, 0.3) is 0 Å². The molecule has 0 aliphatic carbocycles. The summed E-state index contributed by atoms with van der Waals surface area (Å²) < 4.78 is 80.1. The molecule has 7 rings (SSSR count). The molecule has 20 heteroatoms. The fourth-order valence-electron chi connectivity index (χ4n) is 6.94. The molecule has 6 heterocycles. The maximum atomic E-state index is 14.0. The molecule has 6 aromatic rings. The van der Waals surface area contributed by atoms with E-state index in [0.29, 0.717) is 47.6 Å². The van der Waals surface area contributed by atoms with Gasteiger partial charge in [-0.1, -0.05) is 30.3 Å². The molecule has 0 saturated carbocycles. The van der Waals surface area contributed by atoms with Gasteiger partial charge in [-0.3, -0.25) is 15.0 Å². The van der Waals surface area contributed by atoms with Crippen LogP contribution in [0.1, 0.15) is 74.3 Å². The largest absolute Gasteiger partial charge is 0.496 e. The lowest BCUT2D eigenvalue weighted by atomic mass is 9.80. The van der Waals surface area contributed by atoms with Crippen LogP contribution in [0.2, 0.25) is 0 Å². The first-order valence-corrected chi connectivity index (χ1v) is 23.4. The summed E-state index contributed by atoms with van der Waals surface area (Å²) in [6, 6.07) is 12.8. The van der Waals surface area contributed by atoms with E-state index in [4.69, 9.17) is 24.1 Å². The Morgan fingerprint density at radius 1 is 0.794 bits per heavy atom. The molecule has 0 atom stereocenters. The third-order valence-electron chi connectivity index (χ3n) is 10.7. The molecule has 0 unspecified atom stereocenters. The topological polar surface area (TPSA) is 214 Å². The Labute approximate surface area is 369 Å². The van der Waals surface area contributed by atoms with Crippen molar-refractivity contribution in [2.45, 2.75) is 107 Å². The number of anilines is 1. The minimum atomic E-state index is -4.05. The Hall–Kier alpha value is -5.38. The molecule has 0 amide bonds. The van der Waals surface area contributed by atoms with Crippen LogP contribution in [0, 0.1) is 0 Å². The molecule has 1 saturated heterocycles. The number of aryl methyl sites for hydroxylation is 1. The zero-order valence-electron chi connectivity index (χ0n) is 36.9. The quantitative estimate of drug-likeness (QED) is 0.0842. The first-order chi connectivity index (χ1) is 29.5. The molecular weight excluding hydrogens is 843 g/mol. The summed E-state index contributed by atoms with van der Waals surface area (Å²) in [5.74, 6) is 1.02. The minimum Gasteiger partial charge on any atom is -0.475 e. The van der Waals surface area contributed by atoms with Crippen LogP contribution in [-0.2, 0) is 35.8 Å². The van der Waals surface area contributed by atoms with E-state index in [9.17, 15) is 16.8 Å². The van der Waals surface area contributed by atoms with E-state index in [2.05, 4.69) is 34.7 Å². The van der Waals surface area contributed by atoms with Crippen LogP contribution in [0.3, 0.4) is 0 Å². The smallest absolute Gasteiger partial charge is 0.475 e. The van der Waals surface area contributed by atoms with Crippen molar-refractivity contribution < 1.29 is 30.9 Å². The second kappa shape index (κ2) is 17.3. The number of fused-ring (bicyclic) bond motifs is 1. The third-order valence-corrected chi connectivity index (χ3v) is 14.1. The number of pyridine rings is 2. The Morgan fingerprint density at radius 3 is 2.13 bits per heavy atom. The fourth-order valence-corrected chi connectivity index (χ4v) is 9.78. The SMILES string of the molecule is CC(C)(C)NS(=O)(=O)c1cncc(-c2nc(NCCOc3cnccn3)c3c(-c4ccccc4)c(CCC(C)(C)NS(=O)(=O)c4cncc(B5OC(C)(C)C(C)(C)O5)c4)cn3n2)c1. The summed E-state index contributed by atoms with van der Waals surface area (Å²) in [6.45, 7) is 17.2. The van der Waals surface area contributed by atoms with Crippen molar-refractivity contribution >= 4 is 44.0 Å². The first kappa shape index (κ1) is 45.6. The van der Waals surface area contributed by atoms with E-state index in [1.807, 2.05) is 78.1 Å². The van der Waals surface area contributed by atoms with Crippen LogP contribution in [0.4, 0.5) is 5.82 Å². The third kappa shape index (κ3) is 10.5. The van der Waals surface area contributed by atoms with E-state index >= 15 is 0 Å². The van der Waals surface area contributed by atoms with Crippen molar-refractivity contribution in [1.82, 2.24) is 44.0 Å². The number of aromatic nitrogens is 7. The average Bonchev–Trinajstić information content (AvgIpc) is 3.70. The van der Waals surface area contributed by atoms with Gasteiger partial charge in [0.2, 0.25) is 25.9 Å². The van der Waals surface area contributed by atoms with Gasteiger partial charge in [0.05, 0.1) is 28.8 Å². The van der Waals surface area contributed by atoms with Gasteiger partial charge in [-0.15, -0.1) is 5.10 Å². The summed E-state index contributed by atoms with van der Waals surface area (Å²) in [7, 11) is -8.77. The maximum Gasteiger partial charge on any atom is 0.496 e. The van der Waals surface area contributed by atoms with Crippen LogP contribution >= 0.6 is 0 Å². The average molecular weight is 897 g/mol. The number of hydrogen-bond donors (Lipinski definition) is 3. The minimum absolute atomic E-state index is 0.00952. The lowest BCUT2D eigenvalue weighted by molar-refractivity contribution is 0.00578. The van der Waals surface area contributed by atoms with E-state index in [0.717, 1.165) is 16.7 Å². The zero-order valence-corrected chi connectivity index (χ0v) is 38.5. The van der Waals surface area contributed by atoms with Gasteiger partial charge in [-0.25, -0.2) is 40.8 Å². The molecule has 1 aromatic carbocycles. The number of nitrogens with zero attached hydrogens (tertiary/aromatic N) is 7. The molecule has 3 N–H and O–H groups in total. The number of nitrogens with one attached hydrogen (secondary N) is 3. The van der Waals surface area contributed by atoms with E-state index in [1.165, 1.54) is 36.9 Å². The summed E-state index contributed by atoms with van der Waals surface area (Å²) in [5.41, 5.74) is 1.22. The number of rotatable bonds is 16. The standard InChI is InChI=1S/C43H53BN10O7S2/c1-40(2,3)52-62(55,56)33-21-31(23-46-25-33)38-50-39(49-19-20-59-35-27-45-17-18-48-35)37-36(29-13-11-10-12-14-29)30(28-54(37)51-38)15-16-41(4,5)53-63(57,58)34-22-32(24-47-26-34)44-60-42(6,7)43(8,9)61-44/h10-14,17-18,21-28,52-53H,15-16,19-20H2,1-9H3,(H,49,50,51). The van der Waals surface area contributed by atoms with Gasteiger partial charge in [-0.2, -0.15) is 0 Å². The summed E-state index contributed by atoms with van der Waals surface area (Å²) >= 11 is 0. The van der Waals surface area contributed by atoms with E-state index in [1.54, 1.807) is 43.9 Å². The predicted octanol–water partition coefficient (Wildman–Crippen LogP) is 5.20. The van der Waals surface area contributed by atoms with Gasteiger partial charge < -0.3 is 19.4 Å². The van der Waals surface area contributed by atoms with Gasteiger partial charge in [0, 0.05) is 71.0 Å². The van der Waals surface area contributed by atoms with Gasteiger partial charge >= 0.3 is 7.12 Å². The number of hydrogen-bond acceptors (Lipinski definition) is 14. The molecule has 0 spiro atoms. The maximum absolute atomic E-state index is 14.0. The first-order valence-electron chi connectivity index (χ1n) is 20.5. The van der Waals surface area contributed by atoms with E-state index in [-0.39, 0.29) is 22.2 Å². The summed E-state index contributed by atoms with van der Waals surface area (Å²) in [6.07, 6.45) is 13.0. The lowest BCUT2D eigenvalue weighted by Gasteiger charge is -2.32. The molecule has 0 bridgehead atoms. The highest BCUT2D eigenvalue weighted by molar-refractivity contribution is 7.89. The van der Waals surface area contributed by atoms with Gasteiger partial charge in [0.1, 0.15) is 17.0 Å². The normalized spacial score (nSPS) is 15.5. The molecule has 63 heavy (non-hydrogen) atoms. The molecule has 1 aliphatic rings. The highest BCUT2D eigenvalue weighted by Gasteiger charge is 2.52. The molecule has 17 nitrogen and oxygen atoms in total. The van der Waals surface area contributed by atoms with Crippen molar-refractivity contribution in [3.8, 4) is 28.4 Å². The second-order valence-electron chi connectivity index (χ2n) is 18.1. The zero-order chi connectivity index (χ0) is 45.4. The van der Waals surface area contributed by atoms with Crippen molar-refractivity contribution in [3.63, 3.8) is 0 Å². The Morgan fingerprint density at radius 2 is 1.46 bits per heavy atom. The Bertz CT molecular complexity index is 2800. The van der Waals surface area contributed by atoms with E-state index < -0.39 is 49.4 Å². The predicted molar refractivity (Wildman–Crippen MR) is 240 cm³/mol. The molecule has 332 valence electrons. The van der Waals surface area contributed by atoms with Crippen LogP contribution in [0.5, 0.6) is 5.88 Å². The van der Waals surface area contributed by atoms with Crippen molar-refractivity contribution in [3.05, 3.63) is 97.6 Å².